The van der Waals surface area contributed by atoms with Gasteiger partial charge in [-0.3, -0.25) is 9.80 Å². The molecule has 4 rings (SSSR count). The molecule has 0 aliphatic carbocycles. The summed E-state index contributed by atoms with van der Waals surface area (Å²) >= 11 is 0. The molecule has 1 saturated heterocycles. The van der Waals surface area contributed by atoms with Crippen LogP contribution < -0.4 is 0 Å². The van der Waals surface area contributed by atoms with Crippen molar-refractivity contribution in [1.29, 1.82) is 0 Å². The Labute approximate surface area is 140 Å². The molecule has 0 unspecified atom stereocenters. The second-order valence-electron chi connectivity index (χ2n) is 6.31. The Morgan fingerprint density at radius 2 is 1.67 bits per heavy atom. The molecular weight excluding hydrogens is 305 g/mol. The molecule has 2 aromatic carbocycles. The molecule has 0 radical (unpaired) electrons. The highest BCUT2D eigenvalue weighted by Crippen LogP contribution is 2.20. The van der Waals surface area contributed by atoms with Crippen LogP contribution in [0.5, 0.6) is 0 Å². The van der Waals surface area contributed by atoms with Crippen molar-refractivity contribution in [2.24, 2.45) is 0 Å². The van der Waals surface area contributed by atoms with Crippen molar-refractivity contribution in [2.75, 3.05) is 26.2 Å². The first-order chi connectivity index (χ1) is 11.8. The van der Waals surface area contributed by atoms with Crippen molar-refractivity contribution < 1.29 is 8.91 Å². The summed E-state index contributed by atoms with van der Waals surface area (Å²) in [6.45, 7) is 5.54. The van der Waals surface area contributed by atoms with Gasteiger partial charge in [-0.15, -0.1) is 0 Å². The fraction of sp³-hybridized carbons (Fsp3) is 0.316. The van der Waals surface area contributed by atoms with Gasteiger partial charge in [0.25, 0.3) is 0 Å². The minimum atomic E-state index is -0.163. The highest BCUT2D eigenvalue weighted by molar-refractivity contribution is 5.79. The van der Waals surface area contributed by atoms with Crippen LogP contribution in [0.1, 0.15) is 11.3 Å². The highest BCUT2D eigenvalue weighted by atomic mass is 19.1. The van der Waals surface area contributed by atoms with Crippen molar-refractivity contribution in [3.05, 3.63) is 65.6 Å². The summed E-state index contributed by atoms with van der Waals surface area (Å²) in [7, 11) is 0. The van der Waals surface area contributed by atoms with E-state index in [0.29, 0.717) is 0 Å². The largest absolute Gasteiger partial charge is 0.356 e. The fourth-order valence-corrected chi connectivity index (χ4v) is 3.26. The van der Waals surface area contributed by atoms with Crippen LogP contribution in [0.25, 0.3) is 11.0 Å². The molecule has 1 aliphatic rings. The summed E-state index contributed by atoms with van der Waals surface area (Å²) in [6.07, 6.45) is 0. The molecule has 4 nitrogen and oxygen atoms in total. The fourth-order valence-electron chi connectivity index (χ4n) is 3.26. The number of piperazine rings is 1. The van der Waals surface area contributed by atoms with Gasteiger partial charge in [-0.25, -0.2) is 4.39 Å². The second-order valence-corrected chi connectivity index (χ2v) is 6.31. The third-order valence-electron chi connectivity index (χ3n) is 4.59. The van der Waals surface area contributed by atoms with Crippen LogP contribution in [0, 0.1) is 5.82 Å². The number of para-hydroxylation sites is 1. The van der Waals surface area contributed by atoms with Gasteiger partial charge in [0, 0.05) is 44.7 Å². The Balaban J connectivity index is 1.34. The molecular formula is C19H20FN3O. The van der Waals surface area contributed by atoms with Crippen LogP contribution in [0.4, 0.5) is 4.39 Å². The molecule has 5 heteroatoms. The third kappa shape index (κ3) is 3.32. The van der Waals surface area contributed by atoms with Gasteiger partial charge in [0.05, 0.1) is 0 Å². The van der Waals surface area contributed by atoms with Crippen LogP contribution in [0.3, 0.4) is 0 Å². The lowest BCUT2D eigenvalue weighted by atomic mass is 10.1. The number of hydrogen-bond acceptors (Lipinski definition) is 4. The van der Waals surface area contributed by atoms with Crippen LogP contribution in [-0.4, -0.2) is 41.1 Å². The number of fused-ring (bicyclic) bond motifs is 1. The van der Waals surface area contributed by atoms with E-state index < -0.39 is 0 Å². The Morgan fingerprint density at radius 1 is 0.917 bits per heavy atom. The molecule has 1 aliphatic heterocycles. The number of aromatic nitrogens is 1. The monoisotopic (exact) mass is 325 g/mol. The maximum atomic E-state index is 13.3. The van der Waals surface area contributed by atoms with Gasteiger partial charge in [-0.05, 0) is 29.8 Å². The maximum absolute atomic E-state index is 13.3. The molecule has 0 atom stereocenters. The quantitative estimate of drug-likeness (QED) is 0.737. The molecule has 3 aromatic rings. The predicted molar refractivity (Wildman–Crippen MR) is 91.0 cm³/mol. The molecule has 0 N–H and O–H groups in total. The van der Waals surface area contributed by atoms with Crippen LogP contribution in [-0.2, 0) is 13.1 Å². The van der Waals surface area contributed by atoms with Gasteiger partial charge < -0.3 is 4.52 Å². The van der Waals surface area contributed by atoms with Gasteiger partial charge in [0.2, 0.25) is 0 Å². The highest BCUT2D eigenvalue weighted by Gasteiger charge is 2.19. The molecule has 1 fully saturated rings. The van der Waals surface area contributed by atoms with Crippen molar-refractivity contribution in [3.63, 3.8) is 0 Å². The summed E-state index contributed by atoms with van der Waals surface area (Å²) in [5, 5.41) is 5.31. The van der Waals surface area contributed by atoms with E-state index in [0.717, 1.165) is 61.5 Å². The average molecular weight is 325 g/mol. The molecule has 2 heterocycles. The Bertz CT molecular complexity index is 824. The first-order valence-corrected chi connectivity index (χ1v) is 8.30. The minimum absolute atomic E-state index is 0.163. The molecule has 0 amide bonds. The van der Waals surface area contributed by atoms with Gasteiger partial charge in [-0.2, -0.15) is 0 Å². The van der Waals surface area contributed by atoms with E-state index in [1.54, 1.807) is 12.1 Å². The van der Waals surface area contributed by atoms with E-state index in [1.807, 2.05) is 24.3 Å². The zero-order valence-corrected chi connectivity index (χ0v) is 13.5. The second kappa shape index (κ2) is 6.71. The summed E-state index contributed by atoms with van der Waals surface area (Å²) in [4.78, 5) is 4.76. The van der Waals surface area contributed by atoms with Gasteiger partial charge >= 0.3 is 0 Å². The first kappa shape index (κ1) is 15.3. The third-order valence-corrected chi connectivity index (χ3v) is 4.59. The average Bonchev–Trinajstić information content (AvgIpc) is 3.00. The number of rotatable bonds is 4. The predicted octanol–water partition coefficient (Wildman–Crippen LogP) is 3.28. The Kier molecular flexibility index (Phi) is 4.28. The maximum Gasteiger partial charge on any atom is 0.167 e. The summed E-state index contributed by atoms with van der Waals surface area (Å²) in [5.41, 5.74) is 2.88. The van der Waals surface area contributed by atoms with Crippen molar-refractivity contribution in [3.8, 4) is 0 Å². The standard InChI is InChI=1S/C19H20FN3O/c20-16-5-3-4-15(12-16)13-22-8-10-23(11-9-22)14-18-17-6-1-2-7-19(17)24-21-18/h1-7,12H,8-11,13-14H2. The molecule has 0 saturated carbocycles. The summed E-state index contributed by atoms with van der Waals surface area (Å²) in [6, 6.07) is 14.8. The minimum Gasteiger partial charge on any atom is -0.356 e. The smallest absolute Gasteiger partial charge is 0.167 e. The van der Waals surface area contributed by atoms with Crippen molar-refractivity contribution >= 4 is 11.0 Å². The SMILES string of the molecule is Fc1cccc(CN2CCN(Cc3noc4ccccc34)CC2)c1. The lowest BCUT2D eigenvalue weighted by molar-refractivity contribution is 0.120. The molecule has 24 heavy (non-hydrogen) atoms. The first-order valence-electron chi connectivity index (χ1n) is 8.30. The summed E-state index contributed by atoms with van der Waals surface area (Å²) in [5.74, 6) is -0.163. The molecule has 124 valence electrons. The zero-order valence-electron chi connectivity index (χ0n) is 13.5. The van der Waals surface area contributed by atoms with Crippen molar-refractivity contribution in [2.45, 2.75) is 13.1 Å². The Morgan fingerprint density at radius 3 is 2.46 bits per heavy atom. The zero-order chi connectivity index (χ0) is 16.4. The van der Waals surface area contributed by atoms with Crippen LogP contribution >= 0.6 is 0 Å². The van der Waals surface area contributed by atoms with Gasteiger partial charge in [0.1, 0.15) is 11.5 Å². The van der Waals surface area contributed by atoms with Crippen LogP contribution in [0.2, 0.25) is 0 Å². The molecule has 0 bridgehead atoms. The number of hydrogen-bond donors (Lipinski definition) is 0. The summed E-state index contributed by atoms with van der Waals surface area (Å²) < 4.78 is 18.7. The lowest BCUT2D eigenvalue weighted by Crippen LogP contribution is -2.45. The number of halogens is 1. The van der Waals surface area contributed by atoms with E-state index in [4.69, 9.17) is 4.52 Å². The molecule has 1 aromatic heterocycles. The van der Waals surface area contributed by atoms with E-state index >= 15 is 0 Å². The lowest BCUT2D eigenvalue weighted by Gasteiger charge is -2.34. The number of benzene rings is 2. The van der Waals surface area contributed by atoms with E-state index in [2.05, 4.69) is 21.0 Å². The normalized spacial score (nSPS) is 16.7. The van der Waals surface area contributed by atoms with Crippen LogP contribution in [0.15, 0.2) is 53.1 Å². The number of nitrogens with zero attached hydrogens (tertiary/aromatic N) is 3. The van der Waals surface area contributed by atoms with E-state index in [9.17, 15) is 4.39 Å². The Hall–Kier alpha value is -2.24. The topological polar surface area (TPSA) is 32.5 Å². The van der Waals surface area contributed by atoms with E-state index in [1.165, 1.54) is 6.07 Å². The molecule has 0 spiro atoms. The van der Waals surface area contributed by atoms with Crippen molar-refractivity contribution in [1.82, 2.24) is 15.0 Å². The van der Waals surface area contributed by atoms with Gasteiger partial charge in [-0.1, -0.05) is 29.4 Å². The van der Waals surface area contributed by atoms with E-state index in [-0.39, 0.29) is 5.82 Å². The van der Waals surface area contributed by atoms with Gasteiger partial charge in [0.15, 0.2) is 5.58 Å².